The standard InChI is InChI=1S/C5H12N4S2/c6-5(8-4-9-7)11-3-1-2-10/h4,10H,1-3,7H2,(H2,6,8,9). The van der Waals surface area contributed by atoms with Crippen LogP contribution < -0.4 is 11.6 Å². The molecular weight excluding hydrogens is 180 g/mol. The highest BCUT2D eigenvalue weighted by Gasteiger charge is 1.90. The van der Waals surface area contributed by atoms with Crippen molar-refractivity contribution in [2.24, 2.45) is 21.7 Å². The van der Waals surface area contributed by atoms with Crippen molar-refractivity contribution in [1.82, 2.24) is 0 Å². The summed E-state index contributed by atoms with van der Waals surface area (Å²) in [5.74, 6) is 6.61. The Balaban J connectivity index is 3.42. The number of rotatable bonds is 4. The van der Waals surface area contributed by atoms with Crippen LogP contribution in [0.25, 0.3) is 0 Å². The molecule has 0 unspecified atom stereocenters. The van der Waals surface area contributed by atoms with Crippen LogP contribution in [-0.4, -0.2) is 23.0 Å². The van der Waals surface area contributed by atoms with Gasteiger partial charge in [0, 0.05) is 5.75 Å². The van der Waals surface area contributed by atoms with E-state index in [1.807, 2.05) is 0 Å². The maximum atomic E-state index is 5.44. The van der Waals surface area contributed by atoms with E-state index in [4.69, 9.17) is 11.6 Å². The van der Waals surface area contributed by atoms with Gasteiger partial charge >= 0.3 is 0 Å². The lowest BCUT2D eigenvalue weighted by atomic mass is 10.6. The first-order chi connectivity index (χ1) is 5.31. The van der Waals surface area contributed by atoms with Gasteiger partial charge in [0.1, 0.15) is 6.34 Å². The SMILES string of the molecule is N/N=C/N=C(N)SCCCS. The summed E-state index contributed by atoms with van der Waals surface area (Å²) in [5, 5.41) is 3.67. The van der Waals surface area contributed by atoms with Gasteiger partial charge in [-0.2, -0.15) is 17.7 Å². The second-order valence-corrected chi connectivity index (χ2v) is 3.22. The van der Waals surface area contributed by atoms with Gasteiger partial charge in [0.15, 0.2) is 5.17 Å². The zero-order valence-corrected chi connectivity index (χ0v) is 7.81. The summed E-state index contributed by atoms with van der Waals surface area (Å²) in [4.78, 5) is 3.73. The van der Waals surface area contributed by atoms with Crippen LogP contribution in [0.4, 0.5) is 0 Å². The number of hydrogen-bond donors (Lipinski definition) is 3. The Kier molecular flexibility index (Phi) is 7.49. The second kappa shape index (κ2) is 7.74. The molecule has 0 aliphatic rings. The number of hydrazone groups is 1. The van der Waals surface area contributed by atoms with Crippen LogP contribution in [0.1, 0.15) is 6.42 Å². The molecule has 6 heteroatoms. The van der Waals surface area contributed by atoms with E-state index in [2.05, 4.69) is 22.7 Å². The van der Waals surface area contributed by atoms with Gasteiger partial charge in [0.05, 0.1) is 0 Å². The van der Waals surface area contributed by atoms with Gasteiger partial charge in [-0.15, -0.1) is 0 Å². The van der Waals surface area contributed by atoms with E-state index in [-0.39, 0.29) is 0 Å². The highest BCUT2D eigenvalue weighted by atomic mass is 32.2. The predicted octanol–water partition coefficient (Wildman–Crippen LogP) is 0.256. The fraction of sp³-hybridized carbons (Fsp3) is 0.600. The lowest BCUT2D eigenvalue weighted by molar-refractivity contribution is 1.13. The van der Waals surface area contributed by atoms with Crippen molar-refractivity contribution in [3.05, 3.63) is 0 Å². The minimum absolute atomic E-state index is 0.487. The van der Waals surface area contributed by atoms with Crippen LogP contribution in [0, 0.1) is 0 Å². The van der Waals surface area contributed by atoms with Crippen molar-refractivity contribution in [3.8, 4) is 0 Å². The van der Waals surface area contributed by atoms with E-state index in [9.17, 15) is 0 Å². The highest BCUT2D eigenvalue weighted by molar-refractivity contribution is 8.13. The molecule has 0 rings (SSSR count). The zero-order chi connectivity index (χ0) is 8.53. The molecule has 0 spiro atoms. The van der Waals surface area contributed by atoms with Gasteiger partial charge in [-0.3, -0.25) is 0 Å². The first-order valence-corrected chi connectivity index (χ1v) is 4.71. The summed E-state index contributed by atoms with van der Waals surface area (Å²) in [6.45, 7) is 0. The monoisotopic (exact) mass is 192 g/mol. The number of amidine groups is 1. The Hall–Kier alpha value is -0.360. The van der Waals surface area contributed by atoms with Crippen molar-refractivity contribution in [3.63, 3.8) is 0 Å². The van der Waals surface area contributed by atoms with Crippen LogP contribution in [-0.2, 0) is 0 Å². The average Bonchev–Trinajstić information content (AvgIpc) is 2.01. The number of thiol groups is 1. The molecule has 11 heavy (non-hydrogen) atoms. The number of aliphatic imine (C=N–C) groups is 1. The predicted molar refractivity (Wildman–Crippen MR) is 55.2 cm³/mol. The summed E-state index contributed by atoms with van der Waals surface area (Å²) in [6.07, 6.45) is 2.24. The zero-order valence-electron chi connectivity index (χ0n) is 6.10. The van der Waals surface area contributed by atoms with E-state index in [0.717, 1.165) is 17.9 Å². The van der Waals surface area contributed by atoms with Crippen LogP contribution in [0.3, 0.4) is 0 Å². The lowest BCUT2D eigenvalue weighted by Gasteiger charge is -1.95. The maximum Gasteiger partial charge on any atom is 0.160 e. The Bertz CT molecular complexity index is 145. The third-order valence-electron chi connectivity index (χ3n) is 0.804. The van der Waals surface area contributed by atoms with E-state index >= 15 is 0 Å². The first-order valence-electron chi connectivity index (χ1n) is 3.10. The van der Waals surface area contributed by atoms with Crippen molar-refractivity contribution in [2.45, 2.75) is 6.42 Å². The molecule has 0 radical (unpaired) electrons. The molecule has 0 amide bonds. The molecule has 64 valence electrons. The molecule has 0 aromatic carbocycles. The van der Waals surface area contributed by atoms with Crippen LogP contribution in [0.5, 0.6) is 0 Å². The highest BCUT2D eigenvalue weighted by Crippen LogP contribution is 2.01. The van der Waals surface area contributed by atoms with Crippen LogP contribution >= 0.6 is 24.4 Å². The van der Waals surface area contributed by atoms with Gasteiger partial charge < -0.3 is 11.6 Å². The topological polar surface area (TPSA) is 76.8 Å². The first kappa shape index (κ1) is 10.6. The molecular formula is C5H12N4S2. The minimum atomic E-state index is 0.487. The van der Waals surface area contributed by atoms with Gasteiger partial charge in [0.25, 0.3) is 0 Å². The molecule has 0 saturated heterocycles. The molecule has 0 aromatic heterocycles. The Morgan fingerprint density at radius 1 is 1.64 bits per heavy atom. The Morgan fingerprint density at radius 3 is 2.91 bits per heavy atom. The molecule has 0 aliphatic carbocycles. The van der Waals surface area contributed by atoms with E-state index < -0.39 is 0 Å². The number of nitrogens with two attached hydrogens (primary N) is 2. The van der Waals surface area contributed by atoms with Crippen molar-refractivity contribution in [1.29, 1.82) is 0 Å². The second-order valence-electron chi connectivity index (χ2n) is 1.66. The molecule has 0 heterocycles. The van der Waals surface area contributed by atoms with Crippen LogP contribution in [0.15, 0.2) is 10.1 Å². The lowest BCUT2D eigenvalue weighted by Crippen LogP contribution is -2.07. The molecule has 0 saturated carbocycles. The summed E-state index contributed by atoms with van der Waals surface area (Å²) in [7, 11) is 0. The fourth-order valence-electron chi connectivity index (χ4n) is 0.369. The average molecular weight is 192 g/mol. The largest absolute Gasteiger partial charge is 0.378 e. The van der Waals surface area contributed by atoms with E-state index in [0.29, 0.717) is 5.17 Å². The maximum absolute atomic E-state index is 5.44. The smallest absolute Gasteiger partial charge is 0.160 e. The molecule has 0 atom stereocenters. The summed E-state index contributed by atoms with van der Waals surface area (Å²) < 4.78 is 0. The number of hydrogen-bond acceptors (Lipinski definition) is 4. The molecule has 0 aliphatic heterocycles. The number of thioether (sulfide) groups is 1. The molecule has 4 nitrogen and oxygen atoms in total. The van der Waals surface area contributed by atoms with Crippen molar-refractivity contribution >= 4 is 35.9 Å². The van der Waals surface area contributed by atoms with Gasteiger partial charge in [-0.05, 0) is 12.2 Å². The van der Waals surface area contributed by atoms with Gasteiger partial charge in [0.2, 0.25) is 0 Å². The van der Waals surface area contributed by atoms with Crippen molar-refractivity contribution in [2.75, 3.05) is 11.5 Å². The number of nitrogens with zero attached hydrogens (tertiary/aromatic N) is 2. The fourth-order valence-corrected chi connectivity index (χ4v) is 1.36. The van der Waals surface area contributed by atoms with E-state index in [1.165, 1.54) is 18.1 Å². The Labute approximate surface area is 75.9 Å². The normalized spacial score (nSPS) is 12.6. The minimum Gasteiger partial charge on any atom is -0.378 e. The molecule has 0 bridgehead atoms. The van der Waals surface area contributed by atoms with Crippen LogP contribution in [0.2, 0.25) is 0 Å². The van der Waals surface area contributed by atoms with E-state index in [1.54, 1.807) is 0 Å². The summed E-state index contributed by atoms with van der Waals surface area (Å²) in [6, 6.07) is 0. The molecule has 0 aromatic rings. The molecule has 4 N–H and O–H groups in total. The third-order valence-corrected chi connectivity index (χ3v) is 2.01. The Morgan fingerprint density at radius 2 is 2.36 bits per heavy atom. The summed E-state index contributed by atoms with van der Waals surface area (Å²) in [5.41, 5.74) is 5.44. The molecule has 0 fully saturated rings. The third kappa shape index (κ3) is 7.54. The van der Waals surface area contributed by atoms with Crippen molar-refractivity contribution < 1.29 is 0 Å². The summed E-state index contributed by atoms with van der Waals surface area (Å²) >= 11 is 5.53. The quantitative estimate of drug-likeness (QED) is 0.149. The van der Waals surface area contributed by atoms with Gasteiger partial charge in [-0.1, -0.05) is 11.8 Å². The van der Waals surface area contributed by atoms with Gasteiger partial charge in [-0.25, -0.2) is 4.99 Å².